The molecule has 0 spiro atoms. The first-order valence-corrected chi connectivity index (χ1v) is 10.3. The van der Waals surface area contributed by atoms with E-state index < -0.39 is 16.1 Å². The van der Waals surface area contributed by atoms with Crippen molar-refractivity contribution in [1.29, 1.82) is 0 Å². The zero-order chi connectivity index (χ0) is 19.1. The van der Waals surface area contributed by atoms with E-state index in [9.17, 15) is 8.42 Å². The molecule has 1 aromatic heterocycles. The minimum Gasteiger partial charge on any atom is -0.311 e. The molecule has 7 heteroatoms. The second-order valence-electron chi connectivity index (χ2n) is 6.03. The van der Waals surface area contributed by atoms with Crippen molar-refractivity contribution < 1.29 is 8.42 Å². The molecule has 0 amide bonds. The number of aromatic nitrogens is 1. The molecule has 140 valence electrons. The van der Waals surface area contributed by atoms with Crippen LogP contribution in [-0.2, 0) is 16.6 Å². The van der Waals surface area contributed by atoms with Crippen molar-refractivity contribution in [3.63, 3.8) is 0 Å². The van der Waals surface area contributed by atoms with Crippen molar-refractivity contribution in [3.8, 4) is 0 Å². The predicted octanol–water partition coefficient (Wildman–Crippen LogP) is 3.54. The van der Waals surface area contributed by atoms with Gasteiger partial charge in [0, 0.05) is 30.5 Å². The Morgan fingerprint density at radius 3 is 2.37 bits per heavy atom. The lowest BCUT2D eigenvalue weighted by molar-refractivity contribution is 0.528. The first kappa shape index (κ1) is 19.5. The van der Waals surface area contributed by atoms with E-state index in [0.717, 1.165) is 11.1 Å². The summed E-state index contributed by atoms with van der Waals surface area (Å²) in [4.78, 5) is 4.27. The lowest BCUT2D eigenvalue weighted by Crippen LogP contribution is -2.35. The molecule has 5 nitrogen and oxygen atoms in total. The molecule has 0 bridgehead atoms. The number of rotatable bonds is 8. The summed E-state index contributed by atoms with van der Waals surface area (Å²) in [5, 5.41) is 3.79. The fraction of sp³-hybridized carbons (Fsp3) is 0.150. The summed E-state index contributed by atoms with van der Waals surface area (Å²) >= 11 is 5.86. The standard InChI is InChI=1S/C20H20ClN3O2S/c21-18-8-10-19(11-9-18)27(25,26)24-20(17-6-2-1-3-7-17)15-23-14-16-5-4-12-22-13-16/h1-13,20,23-24H,14-15H2. The largest absolute Gasteiger partial charge is 0.311 e. The van der Waals surface area contributed by atoms with Gasteiger partial charge in [0.2, 0.25) is 10.0 Å². The molecule has 2 N–H and O–H groups in total. The van der Waals surface area contributed by atoms with Crippen molar-refractivity contribution >= 4 is 21.6 Å². The Bertz CT molecular complexity index is 950. The summed E-state index contributed by atoms with van der Waals surface area (Å²) in [6.07, 6.45) is 3.50. The van der Waals surface area contributed by atoms with E-state index in [1.165, 1.54) is 12.1 Å². The highest BCUT2D eigenvalue weighted by atomic mass is 35.5. The van der Waals surface area contributed by atoms with Gasteiger partial charge in [-0.05, 0) is 41.5 Å². The lowest BCUT2D eigenvalue weighted by Gasteiger charge is -2.20. The van der Waals surface area contributed by atoms with E-state index in [0.29, 0.717) is 18.1 Å². The van der Waals surface area contributed by atoms with Crippen LogP contribution in [0.15, 0.2) is 84.0 Å². The molecule has 2 aromatic carbocycles. The van der Waals surface area contributed by atoms with Crippen LogP contribution in [0.5, 0.6) is 0 Å². The van der Waals surface area contributed by atoms with E-state index in [4.69, 9.17) is 11.6 Å². The normalized spacial score (nSPS) is 12.6. The Morgan fingerprint density at radius 2 is 1.70 bits per heavy atom. The van der Waals surface area contributed by atoms with Crippen molar-refractivity contribution in [2.24, 2.45) is 0 Å². The monoisotopic (exact) mass is 401 g/mol. The van der Waals surface area contributed by atoms with Gasteiger partial charge in [0.25, 0.3) is 0 Å². The molecule has 0 aliphatic rings. The number of pyridine rings is 1. The second-order valence-corrected chi connectivity index (χ2v) is 8.18. The minimum absolute atomic E-state index is 0.181. The van der Waals surface area contributed by atoms with Gasteiger partial charge < -0.3 is 5.32 Å². The molecular formula is C20H20ClN3O2S. The van der Waals surface area contributed by atoms with Crippen LogP contribution in [0.2, 0.25) is 5.02 Å². The average Bonchev–Trinajstić information content (AvgIpc) is 2.69. The van der Waals surface area contributed by atoms with Gasteiger partial charge in [0.15, 0.2) is 0 Å². The highest BCUT2D eigenvalue weighted by Gasteiger charge is 2.21. The third-order valence-electron chi connectivity index (χ3n) is 4.02. The van der Waals surface area contributed by atoms with E-state index in [1.54, 1.807) is 24.5 Å². The second kappa shape index (κ2) is 9.10. The maximum absolute atomic E-state index is 12.8. The van der Waals surface area contributed by atoms with Gasteiger partial charge in [0.05, 0.1) is 10.9 Å². The highest BCUT2D eigenvalue weighted by molar-refractivity contribution is 7.89. The lowest BCUT2D eigenvalue weighted by atomic mass is 10.1. The summed E-state index contributed by atoms with van der Waals surface area (Å²) in [7, 11) is -3.68. The number of sulfonamides is 1. The van der Waals surface area contributed by atoms with Gasteiger partial charge in [-0.1, -0.05) is 48.0 Å². The van der Waals surface area contributed by atoms with Crippen LogP contribution in [0, 0.1) is 0 Å². The molecular weight excluding hydrogens is 382 g/mol. The summed E-state index contributed by atoms with van der Waals surface area (Å²) < 4.78 is 28.3. The molecule has 0 radical (unpaired) electrons. The zero-order valence-electron chi connectivity index (χ0n) is 14.5. The van der Waals surface area contributed by atoms with Crippen molar-refractivity contribution in [3.05, 3.63) is 95.3 Å². The van der Waals surface area contributed by atoms with Crippen molar-refractivity contribution in [2.75, 3.05) is 6.54 Å². The van der Waals surface area contributed by atoms with Gasteiger partial charge in [-0.15, -0.1) is 0 Å². The maximum Gasteiger partial charge on any atom is 0.241 e. The third kappa shape index (κ3) is 5.61. The summed E-state index contributed by atoms with van der Waals surface area (Å²) in [5.41, 5.74) is 1.92. The van der Waals surface area contributed by atoms with Gasteiger partial charge in [-0.2, -0.15) is 0 Å². The molecule has 0 aliphatic heterocycles. The van der Waals surface area contributed by atoms with E-state index in [2.05, 4.69) is 15.0 Å². The van der Waals surface area contributed by atoms with Crippen LogP contribution in [0.1, 0.15) is 17.2 Å². The van der Waals surface area contributed by atoms with Gasteiger partial charge >= 0.3 is 0 Å². The molecule has 0 saturated carbocycles. The molecule has 1 atom stereocenters. The summed E-state index contributed by atoms with van der Waals surface area (Å²) in [5.74, 6) is 0. The Morgan fingerprint density at radius 1 is 0.963 bits per heavy atom. The van der Waals surface area contributed by atoms with Gasteiger partial charge in [-0.3, -0.25) is 4.98 Å². The Kier molecular flexibility index (Phi) is 6.58. The third-order valence-corrected chi connectivity index (χ3v) is 5.76. The Labute approximate surface area is 164 Å². The number of benzene rings is 2. The van der Waals surface area contributed by atoms with Crippen molar-refractivity contribution in [2.45, 2.75) is 17.5 Å². The molecule has 0 fully saturated rings. The molecule has 3 aromatic rings. The number of hydrogen-bond acceptors (Lipinski definition) is 4. The van der Waals surface area contributed by atoms with Crippen LogP contribution in [0.3, 0.4) is 0 Å². The van der Waals surface area contributed by atoms with Crippen LogP contribution in [0.25, 0.3) is 0 Å². The molecule has 3 rings (SSSR count). The zero-order valence-corrected chi connectivity index (χ0v) is 16.1. The summed E-state index contributed by atoms with van der Waals surface area (Å²) in [6.45, 7) is 1.03. The van der Waals surface area contributed by atoms with E-state index in [1.807, 2.05) is 42.5 Å². The smallest absolute Gasteiger partial charge is 0.241 e. The topological polar surface area (TPSA) is 71.1 Å². The molecule has 27 heavy (non-hydrogen) atoms. The van der Waals surface area contributed by atoms with Crippen LogP contribution in [0.4, 0.5) is 0 Å². The Balaban J connectivity index is 1.74. The van der Waals surface area contributed by atoms with Gasteiger partial charge in [-0.25, -0.2) is 13.1 Å². The number of nitrogens with zero attached hydrogens (tertiary/aromatic N) is 1. The van der Waals surface area contributed by atoms with Crippen LogP contribution < -0.4 is 10.0 Å². The average molecular weight is 402 g/mol. The fourth-order valence-corrected chi connectivity index (χ4v) is 4.00. The first-order valence-electron chi connectivity index (χ1n) is 8.47. The van der Waals surface area contributed by atoms with Gasteiger partial charge in [0.1, 0.15) is 0 Å². The highest BCUT2D eigenvalue weighted by Crippen LogP contribution is 2.19. The van der Waals surface area contributed by atoms with Crippen LogP contribution >= 0.6 is 11.6 Å². The molecule has 1 heterocycles. The molecule has 1 unspecified atom stereocenters. The number of nitrogens with one attached hydrogen (secondary N) is 2. The number of halogens is 1. The molecule has 0 aliphatic carbocycles. The molecule has 0 saturated heterocycles. The quantitative estimate of drug-likeness (QED) is 0.605. The number of hydrogen-bond donors (Lipinski definition) is 2. The SMILES string of the molecule is O=S(=O)(NC(CNCc1cccnc1)c1ccccc1)c1ccc(Cl)cc1. The van der Waals surface area contributed by atoms with E-state index >= 15 is 0 Å². The fourth-order valence-electron chi connectivity index (χ4n) is 2.65. The van der Waals surface area contributed by atoms with Crippen molar-refractivity contribution in [1.82, 2.24) is 15.0 Å². The van der Waals surface area contributed by atoms with E-state index in [-0.39, 0.29) is 4.90 Å². The summed E-state index contributed by atoms with van der Waals surface area (Å²) in [6, 6.07) is 19.0. The first-order chi connectivity index (χ1) is 13.0. The minimum atomic E-state index is -3.68. The predicted molar refractivity (Wildman–Crippen MR) is 107 cm³/mol. The maximum atomic E-state index is 12.8. The van der Waals surface area contributed by atoms with Crippen LogP contribution in [-0.4, -0.2) is 19.9 Å². The Hall–Kier alpha value is -2.25.